The molecule has 0 saturated heterocycles. The van der Waals surface area contributed by atoms with E-state index in [2.05, 4.69) is 34.6 Å². The molecule has 3 aliphatic rings. The van der Waals surface area contributed by atoms with Crippen molar-refractivity contribution in [2.75, 3.05) is 0 Å². The van der Waals surface area contributed by atoms with Gasteiger partial charge in [0.15, 0.2) is 0 Å². The minimum absolute atomic E-state index is 0.758. The van der Waals surface area contributed by atoms with Crippen LogP contribution in [-0.4, -0.2) is 0 Å². The van der Waals surface area contributed by atoms with Crippen LogP contribution in [-0.2, 0) is 0 Å². The number of rotatable bonds is 5. The van der Waals surface area contributed by atoms with Gasteiger partial charge in [0.05, 0.1) is 0 Å². The zero-order valence-electron chi connectivity index (χ0n) is 17.7. The molecule has 0 amide bonds. The summed E-state index contributed by atoms with van der Waals surface area (Å²) in [6.45, 7) is 12.3. The van der Waals surface area contributed by atoms with Gasteiger partial charge in [-0.3, -0.25) is 0 Å². The van der Waals surface area contributed by atoms with Crippen molar-refractivity contribution < 1.29 is 0 Å². The average molecular weight is 343 g/mol. The van der Waals surface area contributed by atoms with Crippen molar-refractivity contribution in [3.8, 4) is 0 Å². The molecular weight excluding hydrogens is 300 g/mol. The Morgan fingerprint density at radius 3 is 1.48 bits per heavy atom. The van der Waals surface area contributed by atoms with Crippen molar-refractivity contribution in [1.29, 1.82) is 0 Å². The highest BCUT2D eigenvalue weighted by Crippen LogP contribution is 2.52. The lowest BCUT2D eigenvalue weighted by molar-refractivity contribution is 0.293. The first kappa shape index (κ1) is 19.2. The maximum atomic E-state index is 2.58. The first-order valence-corrected chi connectivity index (χ1v) is 11.5. The normalized spacial score (nSPS) is 37.1. The molecule has 0 aromatic heterocycles. The van der Waals surface area contributed by atoms with Crippen LogP contribution in [0.3, 0.4) is 0 Å². The highest BCUT2D eigenvalue weighted by molar-refractivity contribution is 5.51. The summed E-state index contributed by atoms with van der Waals surface area (Å²) in [7, 11) is 0. The molecule has 0 aromatic carbocycles. The van der Waals surface area contributed by atoms with Crippen LogP contribution in [0.1, 0.15) is 105 Å². The monoisotopic (exact) mass is 342 g/mol. The predicted octanol–water partition coefficient (Wildman–Crippen LogP) is 8.09. The summed E-state index contributed by atoms with van der Waals surface area (Å²) in [6, 6.07) is 0. The minimum Gasteiger partial charge on any atom is -0.0651 e. The van der Waals surface area contributed by atoms with Gasteiger partial charge in [0.2, 0.25) is 0 Å². The summed E-state index contributed by atoms with van der Waals surface area (Å²) in [5, 5.41) is 0. The highest BCUT2D eigenvalue weighted by atomic mass is 14.4. The molecule has 0 radical (unpaired) electrons. The van der Waals surface area contributed by atoms with Gasteiger partial charge in [-0.1, -0.05) is 77.9 Å². The van der Waals surface area contributed by atoms with Crippen molar-refractivity contribution in [1.82, 2.24) is 0 Å². The van der Waals surface area contributed by atoms with E-state index >= 15 is 0 Å². The second-order valence-corrected chi connectivity index (χ2v) is 9.61. The Kier molecular flexibility index (Phi) is 6.50. The topological polar surface area (TPSA) is 0 Å². The summed E-state index contributed by atoms with van der Waals surface area (Å²) >= 11 is 0. The van der Waals surface area contributed by atoms with Gasteiger partial charge in [-0.05, 0) is 79.3 Å². The van der Waals surface area contributed by atoms with Crippen LogP contribution in [0.4, 0.5) is 0 Å². The lowest BCUT2D eigenvalue weighted by atomic mass is 9.71. The molecule has 0 heterocycles. The van der Waals surface area contributed by atoms with Gasteiger partial charge >= 0.3 is 0 Å². The predicted molar refractivity (Wildman–Crippen MR) is 111 cm³/mol. The van der Waals surface area contributed by atoms with E-state index in [1.807, 2.05) is 22.3 Å². The number of allylic oxidation sites excluding steroid dienone is 4. The van der Waals surface area contributed by atoms with E-state index in [0.717, 1.165) is 29.6 Å². The summed E-state index contributed by atoms with van der Waals surface area (Å²) in [6.07, 6.45) is 15.6. The molecule has 0 nitrogen and oxygen atoms in total. The fourth-order valence-corrected chi connectivity index (χ4v) is 6.34. The first-order chi connectivity index (χ1) is 12.1. The Morgan fingerprint density at radius 2 is 1.08 bits per heavy atom. The van der Waals surface area contributed by atoms with Crippen molar-refractivity contribution in [3.63, 3.8) is 0 Å². The van der Waals surface area contributed by atoms with E-state index < -0.39 is 0 Å². The van der Waals surface area contributed by atoms with Gasteiger partial charge in [0.25, 0.3) is 0 Å². The van der Waals surface area contributed by atoms with E-state index in [1.165, 1.54) is 70.6 Å². The molecule has 3 rings (SSSR count). The molecule has 25 heavy (non-hydrogen) atoms. The van der Waals surface area contributed by atoms with Crippen LogP contribution >= 0.6 is 0 Å². The second-order valence-electron chi connectivity index (χ2n) is 9.61. The highest BCUT2D eigenvalue weighted by Gasteiger charge is 2.38. The lowest BCUT2D eigenvalue weighted by Gasteiger charge is -2.34. The third-order valence-electron chi connectivity index (χ3n) is 7.76. The standard InChI is InChI=1S/C25H42/c1-6-8-23-22(7-2)24(20-13-9-17(3)10-14-20)19(5)25(23)21-15-11-18(4)12-16-21/h17-21H,6-16H2,1-5H3. The molecule has 0 aliphatic heterocycles. The molecule has 0 bridgehead atoms. The zero-order valence-corrected chi connectivity index (χ0v) is 17.7. The Balaban J connectivity index is 1.88. The average Bonchev–Trinajstić information content (AvgIpc) is 2.88. The summed E-state index contributed by atoms with van der Waals surface area (Å²) in [5.41, 5.74) is 7.49. The summed E-state index contributed by atoms with van der Waals surface area (Å²) in [4.78, 5) is 0. The smallest absolute Gasteiger partial charge is 0.000402 e. The maximum absolute atomic E-state index is 2.58. The molecule has 0 heteroatoms. The van der Waals surface area contributed by atoms with Crippen molar-refractivity contribution in [2.24, 2.45) is 29.6 Å². The van der Waals surface area contributed by atoms with E-state index in [4.69, 9.17) is 0 Å². The molecule has 0 aromatic rings. The van der Waals surface area contributed by atoms with E-state index in [0.29, 0.717) is 0 Å². The Labute approximate surface area is 157 Å². The molecule has 2 fully saturated rings. The summed E-state index contributed by atoms with van der Waals surface area (Å²) < 4.78 is 0. The van der Waals surface area contributed by atoms with Gasteiger partial charge in [-0.25, -0.2) is 0 Å². The largest absolute Gasteiger partial charge is 0.0651 e. The van der Waals surface area contributed by atoms with Crippen LogP contribution in [0.5, 0.6) is 0 Å². The first-order valence-electron chi connectivity index (χ1n) is 11.5. The molecule has 3 aliphatic carbocycles. The molecule has 1 atom stereocenters. The third kappa shape index (κ3) is 3.93. The van der Waals surface area contributed by atoms with Crippen molar-refractivity contribution in [2.45, 2.75) is 105 Å². The Hall–Kier alpha value is -0.520. The van der Waals surface area contributed by atoms with E-state index in [-0.39, 0.29) is 0 Å². The van der Waals surface area contributed by atoms with Crippen LogP contribution in [0, 0.1) is 29.6 Å². The van der Waals surface area contributed by atoms with Gasteiger partial charge in [-0.2, -0.15) is 0 Å². The molecular formula is C25H42. The van der Waals surface area contributed by atoms with Crippen LogP contribution in [0.25, 0.3) is 0 Å². The Bertz CT molecular complexity index is 504. The SMILES string of the molecule is CCCC1=C(C2CCC(C)CC2)C(C)C(C2CCC(C)CC2)=C1CC. The summed E-state index contributed by atoms with van der Waals surface area (Å²) in [5.74, 6) is 4.47. The zero-order chi connectivity index (χ0) is 18.0. The molecule has 142 valence electrons. The van der Waals surface area contributed by atoms with Crippen molar-refractivity contribution >= 4 is 0 Å². The Morgan fingerprint density at radius 1 is 0.640 bits per heavy atom. The molecule has 0 spiro atoms. The van der Waals surface area contributed by atoms with Gasteiger partial charge in [0, 0.05) is 0 Å². The fourth-order valence-electron chi connectivity index (χ4n) is 6.34. The van der Waals surface area contributed by atoms with Gasteiger partial charge in [-0.15, -0.1) is 0 Å². The third-order valence-corrected chi connectivity index (χ3v) is 7.76. The van der Waals surface area contributed by atoms with Crippen LogP contribution in [0.15, 0.2) is 22.3 Å². The van der Waals surface area contributed by atoms with Gasteiger partial charge < -0.3 is 0 Å². The van der Waals surface area contributed by atoms with Crippen LogP contribution < -0.4 is 0 Å². The van der Waals surface area contributed by atoms with E-state index in [1.54, 1.807) is 0 Å². The maximum Gasteiger partial charge on any atom is -0.000402 e. The van der Waals surface area contributed by atoms with Crippen LogP contribution in [0.2, 0.25) is 0 Å². The lowest BCUT2D eigenvalue weighted by Crippen LogP contribution is -2.21. The fraction of sp³-hybridized carbons (Fsp3) is 0.840. The number of hydrogen-bond donors (Lipinski definition) is 0. The minimum atomic E-state index is 0.758. The van der Waals surface area contributed by atoms with Crippen molar-refractivity contribution in [3.05, 3.63) is 22.3 Å². The van der Waals surface area contributed by atoms with E-state index in [9.17, 15) is 0 Å². The number of hydrogen-bond acceptors (Lipinski definition) is 0. The molecule has 0 N–H and O–H groups in total. The molecule has 1 unspecified atom stereocenters. The molecule has 2 saturated carbocycles. The quantitative estimate of drug-likeness (QED) is 0.473. The second kappa shape index (κ2) is 8.45. The van der Waals surface area contributed by atoms with Gasteiger partial charge in [0.1, 0.15) is 0 Å².